The second kappa shape index (κ2) is 5.69. The van der Waals surface area contributed by atoms with E-state index in [2.05, 4.69) is 25.3 Å². The zero-order chi connectivity index (χ0) is 16.5. The maximum absolute atomic E-state index is 12.8. The molecule has 0 spiro atoms. The number of nitrogens with zero attached hydrogens (tertiary/aromatic N) is 7. The summed E-state index contributed by atoms with van der Waals surface area (Å²) in [4.78, 5) is 13.9. The third kappa shape index (κ3) is 2.56. The molecule has 24 heavy (non-hydrogen) atoms. The molecule has 0 aliphatic heterocycles. The molecular formula is C15H12FN7O. The molecule has 1 aromatic carbocycles. The number of halogens is 1. The molecular weight excluding hydrogens is 313 g/mol. The molecule has 0 aliphatic carbocycles. The van der Waals surface area contributed by atoms with Crippen molar-refractivity contribution in [3.63, 3.8) is 0 Å². The first-order valence-corrected chi connectivity index (χ1v) is 7.13. The van der Waals surface area contributed by atoms with Gasteiger partial charge in [0.05, 0.1) is 17.8 Å². The number of oxime groups is 1. The standard InChI is InChI=1S/C15H12FN7O/c1-22-14-12(7-18-22)15-20-13(21-23(15)9-17-14)8-24-19-6-10-2-4-11(16)5-3-10/h2-7,9H,8H2,1H3. The van der Waals surface area contributed by atoms with Crippen molar-refractivity contribution in [1.82, 2.24) is 29.4 Å². The Kier molecular flexibility index (Phi) is 3.38. The summed E-state index contributed by atoms with van der Waals surface area (Å²) >= 11 is 0. The van der Waals surface area contributed by atoms with Crippen LogP contribution in [-0.4, -0.2) is 35.6 Å². The summed E-state index contributed by atoms with van der Waals surface area (Å²) in [5, 5.41) is 13.1. The van der Waals surface area contributed by atoms with Crippen LogP contribution in [0, 0.1) is 5.82 Å². The van der Waals surface area contributed by atoms with Crippen molar-refractivity contribution in [2.24, 2.45) is 12.2 Å². The fraction of sp³-hybridized carbons (Fsp3) is 0.133. The number of benzene rings is 1. The Morgan fingerprint density at radius 1 is 1.25 bits per heavy atom. The Labute approximate surface area is 135 Å². The number of rotatable bonds is 4. The van der Waals surface area contributed by atoms with E-state index in [0.29, 0.717) is 11.5 Å². The van der Waals surface area contributed by atoms with Crippen molar-refractivity contribution >= 4 is 22.9 Å². The van der Waals surface area contributed by atoms with Crippen LogP contribution < -0.4 is 0 Å². The van der Waals surface area contributed by atoms with Gasteiger partial charge in [-0.3, -0.25) is 4.68 Å². The summed E-state index contributed by atoms with van der Waals surface area (Å²) in [6, 6.07) is 5.93. The van der Waals surface area contributed by atoms with Gasteiger partial charge in [-0.1, -0.05) is 17.3 Å². The lowest BCUT2D eigenvalue weighted by Gasteiger charge is -1.94. The Morgan fingerprint density at radius 3 is 2.92 bits per heavy atom. The molecule has 9 heteroatoms. The number of hydrogen-bond donors (Lipinski definition) is 0. The van der Waals surface area contributed by atoms with Gasteiger partial charge in [0, 0.05) is 7.05 Å². The van der Waals surface area contributed by atoms with Gasteiger partial charge in [-0.05, 0) is 17.7 Å². The average molecular weight is 325 g/mol. The molecule has 0 bridgehead atoms. The van der Waals surface area contributed by atoms with Gasteiger partial charge in [-0.15, -0.1) is 5.10 Å². The van der Waals surface area contributed by atoms with Gasteiger partial charge in [0.2, 0.25) is 0 Å². The number of hydrogen-bond acceptors (Lipinski definition) is 6. The minimum atomic E-state index is -0.294. The molecule has 4 aromatic rings. The van der Waals surface area contributed by atoms with Gasteiger partial charge in [-0.2, -0.15) is 5.10 Å². The molecule has 120 valence electrons. The quantitative estimate of drug-likeness (QED) is 0.421. The van der Waals surface area contributed by atoms with E-state index in [-0.39, 0.29) is 12.4 Å². The third-order valence-corrected chi connectivity index (χ3v) is 3.45. The van der Waals surface area contributed by atoms with E-state index in [1.54, 1.807) is 33.9 Å². The van der Waals surface area contributed by atoms with Crippen LogP contribution in [0.15, 0.2) is 41.9 Å². The number of aromatic nitrogens is 6. The topological polar surface area (TPSA) is 82.5 Å². The molecule has 0 aliphatic rings. The van der Waals surface area contributed by atoms with E-state index >= 15 is 0 Å². The smallest absolute Gasteiger partial charge is 0.192 e. The van der Waals surface area contributed by atoms with E-state index in [1.165, 1.54) is 18.3 Å². The Bertz CT molecular complexity index is 1040. The predicted molar refractivity (Wildman–Crippen MR) is 83.8 cm³/mol. The van der Waals surface area contributed by atoms with Crippen LogP contribution in [-0.2, 0) is 18.5 Å². The highest BCUT2D eigenvalue weighted by Gasteiger charge is 2.11. The minimum Gasteiger partial charge on any atom is -0.387 e. The minimum absolute atomic E-state index is 0.112. The third-order valence-electron chi connectivity index (χ3n) is 3.45. The number of fused-ring (bicyclic) bond motifs is 3. The molecule has 0 saturated carbocycles. The van der Waals surface area contributed by atoms with Crippen molar-refractivity contribution in [3.05, 3.63) is 54.0 Å². The molecule has 0 fully saturated rings. The largest absolute Gasteiger partial charge is 0.387 e. The zero-order valence-corrected chi connectivity index (χ0v) is 12.7. The molecule has 0 atom stereocenters. The Hall–Kier alpha value is -3.36. The summed E-state index contributed by atoms with van der Waals surface area (Å²) in [6.45, 7) is 0.112. The lowest BCUT2D eigenvalue weighted by molar-refractivity contribution is 0.126. The van der Waals surface area contributed by atoms with Crippen molar-refractivity contribution in [2.45, 2.75) is 6.61 Å². The van der Waals surface area contributed by atoms with Crippen LogP contribution in [0.3, 0.4) is 0 Å². The fourth-order valence-corrected chi connectivity index (χ4v) is 2.29. The Morgan fingerprint density at radius 2 is 2.08 bits per heavy atom. The zero-order valence-electron chi connectivity index (χ0n) is 12.7. The predicted octanol–water partition coefficient (Wildman–Crippen LogP) is 1.70. The lowest BCUT2D eigenvalue weighted by Crippen LogP contribution is -1.95. The molecule has 4 rings (SSSR count). The highest BCUT2D eigenvalue weighted by atomic mass is 19.1. The van der Waals surface area contributed by atoms with E-state index in [1.807, 2.05) is 7.05 Å². The molecule has 0 radical (unpaired) electrons. The summed E-state index contributed by atoms with van der Waals surface area (Å²) in [5.41, 5.74) is 2.13. The second-order valence-corrected chi connectivity index (χ2v) is 5.11. The van der Waals surface area contributed by atoms with Gasteiger partial charge >= 0.3 is 0 Å². The van der Waals surface area contributed by atoms with Crippen LogP contribution in [0.5, 0.6) is 0 Å². The molecule has 0 unspecified atom stereocenters. The first-order chi connectivity index (χ1) is 11.7. The Balaban J connectivity index is 1.50. The second-order valence-electron chi connectivity index (χ2n) is 5.11. The van der Waals surface area contributed by atoms with Crippen molar-refractivity contribution < 1.29 is 9.23 Å². The van der Waals surface area contributed by atoms with Gasteiger partial charge in [0.15, 0.2) is 23.7 Å². The van der Waals surface area contributed by atoms with E-state index < -0.39 is 0 Å². The lowest BCUT2D eigenvalue weighted by atomic mass is 10.2. The molecule has 0 N–H and O–H groups in total. The average Bonchev–Trinajstić information content (AvgIpc) is 3.16. The van der Waals surface area contributed by atoms with E-state index in [4.69, 9.17) is 4.84 Å². The van der Waals surface area contributed by atoms with E-state index in [0.717, 1.165) is 16.6 Å². The van der Waals surface area contributed by atoms with Gasteiger partial charge in [0.1, 0.15) is 12.1 Å². The van der Waals surface area contributed by atoms with Crippen LogP contribution >= 0.6 is 0 Å². The molecule has 3 aromatic heterocycles. The first-order valence-electron chi connectivity index (χ1n) is 7.13. The van der Waals surface area contributed by atoms with Gasteiger partial charge in [0.25, 0.3) is 0 Å². The van der Waals surface area contributed by atoms with Crippen LogP contribution in [0.4, 0.5) is 4.39 Å². The highest BCUT2D eigenvalue weighted by Crippen LogP contribution is 2.15. The molecule has 0 amide bonds. The SMILES string of the molecule is Cn1ncc2c1ncn1nc(CON=Cc3ccc(F)cc3)nc21. The normalized spacial score (nSPS) is 11.8. The van der Waals surface area contributed by atoms with Crippen LogP contribution in [0.1, 0.15) is 11.4 Å². The van der Waals surface area contributed by atoms with Crippen molar-refractivity contribution in [2.75, 3.05) is 0 Å². The summed E-state index contributed by atoms with van der Waals surface area (Å²) in [5.74, 6) is 0.182. The monoisotopic (exact) mass is 325 g/mol. The highest BCUT2D eigenvalue weighted by molar-refractivity contribution is 5.88. The van der Waals surface area contributed by atoms with Crippen LogP contribution in [0.2, 0.25) is 0 Å². The molecule has 3 heterocycles. The van der Waals surface area contributed by atoms with Crippen molar-refractivity contribution in [3.8, 4) is 0 Å². The maximum atomic E-state index is 12.8. The first kappa shape index (κ1) is 14.2. The number of aryl methyl sites for hydroxylation is 1. The fourth-order valence-electron chi connectivity index (χ4n) is 2.29. The summed E-state index contributed by atoms with van der Waals surface area (Å²) < 4.78 is 16.1. The van der Waals surface area contributed by atoms with Gasteiger partial charge in [-0.25, -0.2) is 18.9 Å². The molecule has 8 nitrogen and oxygen atoms in total. The van der Waals surface area contributed by atoms with Gasteiger partial charge < -0.3 is 4.84 Å². The van der Waals surface area contributed by atoms with Crippen molar-refractivity contribution in [1.29, 1.82) is 0 Å². The maximum Gasteiger partial charge on any atom is 0.192 e. The summed E-state index contributed by atoms with van der Waals surface area (Å²) in [7, 11) is 1.82. The van der Waals surface area contributed by atoms with Crippen LogP contribution in [0.25, 0.3) is 16.7 Å². The molecule has 0 saturated heterocycles. The summed E-state index contributed by atoms with van der Waals surface area (Å²) in [6.07, 6.45) is 4.78. The van der Waals surface area contributed by atoms with E-state index in [9.17, 15) is 4.39 Å².